The second kappa shape index (κ2) is 15.2. The van der Waals surface area contributed by atoms with Crippen LogP contribution in [0.5, 0.6) is 0 Å². The van der Waals surface area contributed by atoms with Gasteiger partial charge in [-0.05, 0) is 113 Å². The molecule has 0 amide bonds. The van der Waals surface area contributed by atoms with E-state index in [4.69, 9.17) is 9.40 Å². The van der Waals surface area contributed by atoms with Crippen LogP contribution in [-0.4, -0.2) is 23.3 Å². The molecule has 5 heterocycles. The van der Waals surface area contributed by atoms with E-state index in [2.05, 4.69) is 222 Å². The number of hydrogen-bond donors (Lipinski definition) is 0. The number of rotatable bonds is 5. The van der Waals surface area contributed by atoms with Gasteiger partial charge in [-0.15, -0.1) is 0 Å². The fraction of sp³-hybridized carbons (Fsp3) is 0.0606. The van der Waals surface area contributed by atoms with Crippen molar-refractivity contribution in [2.75, 3.05) is 0 Å². The van der Waals surface area contributed by atoms with Crippen molar-refractivity contribution in [2.45, 2.75) is 27.7 Å². The maximum absolute atomic E-state index is 12.7. The quantitative estimate of drug-likeness (QED) is 0.173. The fourth-order valence-electron chi connectivity index (χ4n) is 12.2. The number of para-hydroxylation sites is 6. The van der Waals surface area contributed by atoms with Crippen LogP contribution in [0.25, 0.3) is 133 Å². The molecule has 10 aromatic carbocycles. The van der Waals surface area contributed by atoms with Crippen LogP contribution in [0.1, 0.15) is 27.8 Å². The Hall–Kier alpha value is -9.64. The average Bonchev–Trinajstić information content (AvgIpc) is 4.25. The lowest BCUT2D eigenvalue weighted by atomic mass is 9.97. The zero-order valence-corrected chi connectivity index (χ0v) is 40.6. The topological polar surface area (TPSA) is 69.5 Å². The van der Waals surface area contributed by atoms with E-state index >= 15 is 0 Å². The lowest BCUT2D eigenvalue weighted by Crippen LogP contribution is -2.16. The van der Waals surface area contributed by atoms with Gasteiger partial charge in [-0.25, -0.2) is 4.98 Å². The molecule has 73 heavy (non-hydrogen) atoms. The third-order valence-electron chi connectivity index (χ3n) is 15.2. The summed E-state index contributed by atoms with van der Waals surface area (Å²) in [5.74, 6) is 0.404. The van der Waals surface area contributed by atoms with E-state index in [1.807, 2.05) is 24.3 Å². The Morgan fingerprint density at radius 3 is 1.11 bits per heavy atom. The molecule has 15 aromatic rings. The zero-order chi connectivity index (χ0) is 48.8. The van der Waals surface area contributed by atoms with Crippen LogP contribution in [0.3, 0.4) is 0 Å². The summed E-state index contributed by atoms with van der Waals surface area (Å²) in [6.07, 6.45) is 0. The third kappa shape index (κ3) is 5.72. The molecule has 0 fully saturated rings. The summed E-state index contributed by atoms with van der Waals surface area (Å²) in [6, 6.07) is 72.4. The van der Waals surface area contributed by atoms with E-state index in [-0.39, 0.29) is 0 Å². The molecular weight excluding hydrogens is 893 g/mol. The molecule has 0 unspecified atom stereocenters. The SMILES string of the molecule is Cc1ccc2c(c1)c1ccccc1n2-c1c(C#N)c(-n2c3ccccc3c3cc(C)ccc32)c(-n2c3ccccc3c3cc(C)ccc32)c(-n2c3ccccc3c3cc(C)ccc32)c1-c1nc2ccccc2o1. The van der Waals surface area contributed by atoms with E-state index in [0.717, 1.165) is 132 Å². The molecule has 0 saturated carbocycles. The highest BCUT2D eigenvalue weighted by Gasteiger charge is 2.36. The van der Waals surface area contributed by atoms with Crippen LogP contribution >= 0.6 is 0 Å². The van der Waals surface area contributed by atoms with Crippen LogP contribution in [0.15, 0.2) is 199 Å². The maximum Gasteiger partial charge on any atom is 0.231 e. The second-order valence-electron chi connectivity index (χ2n) is 19.7. The zero-order valence-electron chi connectivity index (χ0n) is 40.6. The molecule has 0 bridgehead atoms. The van der Waals surface area contributed by atoms with E-state index in [9.17, 15) is 5.26 Å². The summed E-state index contributed by atoms with van der Waals surface area (Å²) in [6.45, 7) is 8.61. The molecule has 0 N–H and O–H groups in total. The standard InChI is InChI=1S/C66H44N6O/c1-38-25-29-56-46(33-38)42-15-5-10-20-52(42)69(56)62-50(37-67)63(70-53-21-11-6-16-43(53)47-34-39(2)26-30-57(47)70)65(72-55-23-13-8-18-45(55)49-36-41(4)28-32-59(49)72)64(61(62)66-68-51-19-9-14-24-60(51)73-66)71-54-22-12-7-17-44(54)48-35-40(3)27-31-58(48)71/h5-36H,1-4H3. The van der Waals surface area contributed by atoms with Crippen molar-refractivity contribution in [3.05, 3.63) is 222 Å². The van der Waals surface area contributed by atoms with Gasteiger partial charge in [-0.2, -0.15) is 5.26 Å². The van der Waals surface area contributed by atoms with Crippen molar-refractivity contribution in [2.24, 2.45) is 0 Å². The van der Waals surface area contributed by atoms with Crippen molar-refractivity contribution >= 4 is 98.3 Å². The van der Waals surface area contributed by atoms with Crippen molar-refractivity contribution in [3.63, 3.8) is 0 Å². The fourth-order valence-corrected chi connectivity index (χ4v) is 12.2. The number of hydrogen-bond acceptors (Lipinski definition) is 3. The Labute approximate surface area is 419 Å². The maximum atomic E-state index is 12.7. The smallest absolute Gasteiger partial charge is 0.231 e. The van der Waals surface area contributed by atoms with Crippen LogP contribution < -0.4 is 0 Å². The summed E-state index contributed by atoms with van der Waals surface area (Å²) in [7, 11) is 0. The molecule has 0 atom stereocenters. The molecule has 5 aromatic heterocycles. The van der Waals surface area contributed by atoms with Crippen molar-refractivity contribution in [1.29, 1.82) is 5.26 Å². The molecule has 15 rings (SSSR count). The third-order valence-corrected chi connectivity index (χ3v) is 15.2. The number of fused-ring (bicyclic) bond motifs is 13. The van der Waals surface area contributed by atoms with Gasteiger partial charge >= 0.3 is 0 Å². The summed E-state index contributed by atoms with van der Waals surface area (Å²) < 4.78 is 16.7. The van der Waals surface area contributed by atoms with Gasteiger partial charge in [0.1, 0.15) is 17.1 Å². The second-order valence-corrected chi connectivity index (χ2v) is 19.7. The Morgan fingerprint density at radius 2 is 0.699 bits per heavy atom. The number of oxazole rings is 1. The first-order valence-corrected chi connectivity index (χ1v) is 24.9. The molecule has 0 aliphatic rings. The number of aromatic nitrogens is 5. The van der Waals surface area contributed by atoms with Gasteiger partial charge in [0, 0.05) is 43.1 Å². The largest absolute Gasteiger partial charge is 0.436 e. The molecule has 0 aliphatic heterocycles. The minimum Gasteiger partial charge on any atom is -0.436 e. The number of nitrogens with zero attached hydrogens (tertiary/aromatic N) is 6. The van der Waals surface area contributed by atoms with Gasteiger partial charge in [0.2, 0.25) is 5.89 Å². The highest BCUT2D eigenvalue weighted by molar-refractivity contribution is 6.17. The summed E-state index contributed by atoms with van der Waals surface area (Å²) in [5.41, 5.74) is 18.1. The van der Waals surface area contributed by atoms with Gasteiger partial charge in [0.05, 0.1) is 72.4 Å². The molecule has 0 radical (unpaired) electrons. The van der Waals surface area contributed by atoms with Gasteiger partial charge in [-0.3, -0.25) is 0 Å². The molecule has 7 nitrogen and oxygen atoms in total. The highest BCUT2D eigenvalue weighted by atomic mass is 16.3. The van der Waals surface area contributed by atoms with E-state index in [1.54, 1.807) is 0 Å². The summed E-state index contributed by atoms with van der Waals surface area (Å²) in [5, 5.41) is 21.6. The van der Waals surface area contributed by atoms with Crippen molar-refractivity contribution < 1.29 is 4.42 Å². The van der Waals surface area contributed by atoms with Crippen LogP contribution in [0.2, 0.25) is 0 Å². The van der Waals surface area contributed by atoms with Crippen LogP contribution in [0, 0.1) is 39.0 Å². The number of benzene rings is 10. The monoisotopic (exact) mass is 936 g/mol. The normalized spacial score (nSPS) is 12.1. The average molecular weight is 937 g/mol. The van der Waals surface area contributed by atoms with Gasteiger partial charge in [0.25, 0.3) is 0 Å². The van der Waals surface area contributed by atoms with E-state index in [1.165, 1.54) is 0 Å². The first kappa shape index (κ1) is 41.2. The molecule has 0 spiro atoms. The Morgan fingerprint density at radius 1 is 0.356 bits per heavy atom. The summed E-state index contributed by atoms with van der Waals surface area (Å²) in [4.78, 5) is 5.49. The minimum absolute atomic E-state index is 0.404. The molecule has 0 aliphatic carbocycles. The first-order chi connectivity index (χ1) is 35.8. The van der Waals surface area contributed by atoms with Crippen molar-refractivity contribution in [3.8, 4) is 40.3 Å². The Bertz CT molecular complexity index is 4890. The predicted molar refractivity (Wildman–Crippen MR) is 300 cm³/mol. The predicted octanol–water partition coefficient (Wildman–Crippen LogP) is 17.0. The molecule has 7 heteroatoms. The van der Waals surface area contributed by atoms with Gasteiger partial charge in [0.15, 0.2) is 5.58 Å². The Kier molecular flexibility index (Phi) is 8.56. The molecule has 344 valence electrons. The van der Waals surface area contributed by atoms with Gasteiger partial charge in [-0.1, -0.05) is 131 Å². The lowest BCUT2D eigenvalue weighted by molar-refractivity contribution is 0.619. The summed E-state index contributed by atoms with van der Waals surface area (Å²) >= 11 is 0. The first-order valence-electron chi connectivity index (χ1n) is 24.9. The van der Waals surface area contributed by atoms with Crippen LogP contribution in [-0.2, 0) is 0 Å². The molecule has 0 saturated heterocycles. The van der Waals surface area contributed by atoms with E-state index in [0.29, 0.717) is 28.3 Å². The number of nitriles is 1. The van der Waals surface area contributed by atoms with E-state index < -0.39 is 0 Å². The highest BCUT2D eigenvalue weighted by Crippen LogP contribution is 2.52. The number of aryl methyl sites for hydroxylation is 4. The lowest BCUT2D eigenvalue weighted by Gasteiger charge is -2.28. The minimum atomic E-state index is 0.404. The van der Waals surface area contributed by atoms with Crippen LogP contribution in [0.4, 0.5) is 0 Å². The molecular formula is C66H44N6O. The van der Waals surface area contributed by atoms with Gasteiger partial charge < -0.3 is 22.7 Å². The Balaban J connectivity index is 1.33. The van der Waals surface area contributed by atoms with Crippen molar-refractivity contribution in [1.82, 2.24) is 23.3 Å².